The van der Waals surface area contributed by atoms with Gasteiger partial charge in [0.05, 0.1) is 6.04 Å². The van der Waals surface area contributed by atoms with Crippen molar-refractivity contribution in [3.05, 3.63) is 11.1 Å². The van der Waals surface area contributed by atoms with Gasteiger partial charge in [0, 0.05) is 11.1 Å². The lowest BCUT2D eigenvalue weighted by atomic mass is 9.96. The molecule has 0 aliphatic heterocycles. The summed E-state index contributed by atoms with van der Waals surface area (Å²) in [5.41, 5.74) is 1.05. The highest BCUT2D eigenvalue weighted by Crippen LogP contribution is 2.33. The lowest BCUT2D eigenvalue weighted by Crippen LogP contribution is -2.15. The summed E-state index contributed by atoms with van der Waals surface area (Å²) >= 11 is 3.22. The zero-order valence-electron chi connectivity index (χ0n) is 10.2. The number of hydrogen-bond donors (Lipinski definition) is 0. The maximum Gasteiger partial charge on any atom is 0.216 e. The molecular weight excluding hydrogens is 266 g/mol. The molecule has 5 nitrogen and oxygen atoms in total. The molecule has 7 heteroatoms. The molecule has 0 amide bonds. The van der Waals surface area contributed by atoms with Crippen molar-refractivity contribution in [2.24, 2.45) is 0 Å². The molecule has 2 aromatic heterocycles. The molecule has 1 aliphatic carbocycles. The summed E-state index contributed by atoms with van der Waals surface area (Å²) in [6.07, 6.45) is 6.29. The molecule has 0 unspecified atom stereocenters. The van der Waals surface area contributed by atoms with E-state index >= 15 is 0 Å². The summed E-state index contributed by atoms with van der Waals surface area (Å²) in [5, 5.41) is 15.0. The Labute approximate surface area is 114 Å². The SMILES string of the molecule is Cc1csc(Sc2nnnn2C2CCCCC2)n1. The van der Waals surface area contributed by atoms with Crippen LogP contribution in [0.2, 0.25) is 0 Å². The summed E-state index contributed by atoms with van der Waals surface area (Å²) in [6.45, 7) is 2.00. The van der Waals surface area contributed by atoms with E-state index in [2.05, 4.69) is 25.9 Å². The molecule has 0 N–H and O–H groups in total. The van der Waals surface area contributed by atoms with Gasteiger partial charge in [-0.15, -0.1) is 16.4 Å². The zero-order chi connectivity index (χ0) is 12.4. The van der Waals surface area contributed by atoms with E-state index in [0.29, 0.717) is 6.04 Å². The van der Waals surface area contributed by atoms with Crippen LogP contribution in [0.5, 0.6) is 0 Å². The molecule has 18 heavy (non-hydrogen) atoms. The van der Waals surface area contributed by atoms with Crippen molar-refractivity contribution in [1.82, 2.24) is 25.2 Å². The normalized spacial score (nSPS) is 17.2. The molecule has 0 bridgehead atoms. The molecule has 96 valence electrons. The first-order valence-corrected chi connectivity index (χ1v) is 7.90. The first kappa shape index (κ1) is 12.1. The molecule has 2 heterocycles. The van der Waals surface area contributed by atoms with E-state index in [1.807, 2.05) is 11.6 Å². The topological polar surface area (TPSA) is 56.5 Å². The smallest absolute Gasteiger partial charge is 0.216 e. The van der Waals surface area contributed by atoms with Crippen LogP contribution in [0.4, 0.5) is 0 Å². The van der Waals surface area contributed by atoms with E-state index in [9.17, 15) is 0 Å². The standard InChI is InChI=1S/C11H15N5S2/c1-8-7-17-11(12-8)18-10-13-14-15-16(10)9-5-3-2-4-6-9/h7,9H,2-6H2,1H3. The van der Waals surface area contributed by atoms with Crippen LogP contribution in [0.25, 0.3) is 0 Å². The molecule has 0 spiro atoms. The fourth-order valence-corrected chi connectivity index (χ4v) is 4.05. The van der Waals surface area contributed by atoms with E-state index in [4.69, 9.17) is 0 Å². The van der Waals surface area contributed by atoms with Crippen LogP contribution in [0.15, 0.2) is 14.9 Å². The van der Waals surface area contributed by atoms with E-state index < -0.39 is 0 Å². The monoisotopic (exact) mass is 281 g/mol. The van der Waals surface area contributed by atoms with Gasteiger partial charge in [0.1, 0.15) is 0 Å². The van der Waals surface area contributed by atoms with E-state index in [0.717, 1.165) is 15.2 Å². The summed E-state index contributed by atoms with van der Waals surface area (Å²) in [6, 6.07) is 0.470. The lowest BCUT2D eigenvalue weighted by molar-refractivity contribution is 0.307. The highest BCUT2D eigenvalue weighted by atomic mass is 32.2. The van der Waals surface area contributed by atoms with Crippen LogP contribution in [0.1, 0.15) is 43.8 Å². The molecule has 3 rings (SSSR count). The van der Waals surface area contributed by atoms with Gasteiger partial charge in [-0.2, -0.15) is 0 Å². The van der Waals surface area contributed by atoms with Gasteiger partial charge in [0.15, 0.2) is 4.34 Å². The third-order valence-electron chi connectivity index (χ3n) is 3.16. The number of rotatable bonds is 3. The molecular formula is C11H15N5S2. The fourth-order valence-electron chi connectivity index (χ4n) is 2.26. The van der Waals surface area contributed by atoms with Crippen LogP contribution in [0.3, 0.4) is 0 Å². The molecule has 2 aromatic rings. The first-order chi connectivity index (χ1) is 8.83. The molecule has 0 aromatic carbocycles. The minimum absolute atomic E-state index is 0.470. The second-order valence-corrected chi connectivity index (χ2v) is 6.63. The van der Waals surface area contributed by atoms with Crippen LogP contribution in [-0.4, -0.2) is 25.2 Å². The predicted octanol–water partition coefficient (Wildman–Crippen LogP) is 3.09. The average molecular weight is 281 g/mol. The molecule has 0 saturated heterocycles. The van der Waals surface area contributed by atoms with Crippen LogP contribution >= 0.6 is 23.1 Å². The number of thiazole rings is 1. The molecule has 1 saturated carbocycles. The van der Waals surface area contributed by atoms with Crippen LogP contribution in [-0.2, 0) is 0 Å². The summed E-state index contributed by atoms with van der Waals surface area (Å²) in [7, 11) is 0. The van der Waals surface area contributed by atoms with Gasteiger partial charge in [-0.05, 0) is 42.0 Å². The van der Waals surface area contributed by atoms with Crippen molar-refractivity contribution in [3.63, 3.8) is 0 Å². The first-order valence-electron chi connectivity index (χ1n) is 6.21. The third kappa shape index (κ3) is 2.56. The molecule has 0 radical (unpaired) electrons. The number of tetrazole rings is 1. The summed E-state index contributed by atoms with van der Waals surface area (Å²) in [4.78, 5) is 4.44. The number of aromatic nitrogens is 5. The minimum atomic E-state index is 0.470. The molecule has 0 atom stereocenters. The predicted molar refractivity (Wildman–Crippen MR) is 70.9 cm³/mol. The quantitative estimate of drug-likeness (QED) is 0.865. The lowest BCUT2D eigenvalue weighted by Gasteiger charge is -2.21. The Morgan fingerprint density at radius 1 is 1.33 bits per heavy atom. The fraction of sp³-hybridized carbons (Fsp3) is 0.636. The van der Waals surface area contributed by atoms with Crippen LogP contribution in [0, 0.1) is 6.92 Å². The molecule has 1 fully saturated rings. The van der Waals surface area contributed by atoms with Crippen molar-refractivity contribution in [2.75, 3.05) is 0 Å². The Balaban J connectivity index is 1.78. The third-order valence-corrected chi connectivity index (χ3v) is 5.17. The van der Waals surface area contributed by atoms with Gasteiger partial charge in [0.2, 0.25) is 5.16 Å². The van der Waals surface area contributed by atoms with Gasteiger partial charge >= 0.3 is 0 Å². The average Bonchev–Trinajstić information content (AvgIpc) is 3.00. The molecule has 1 aliphatic rings. The summed E-state index contributed by atoms with van der Waals surface area (Å²) in [5.74, 6) is 0. The largest absolute Gasteiger partial charge is 0.235 e. The number of nitrogens with zero attached hydrogens (tertiary/aromatic N) is 5. The van der Waals surface area contributed by atoms with E-state index in [-0.39, 0.29) is 0 Å². The summed E-state index contributed by atoms with van der Waals surface area (Å²) < 4.78 is 3.00. The van der Waals surface area contributed by atoms with E-state index in [1.54, 1.807) is 23.1 Å². The van der Waals surface area contributed by atoms with E-state index in [1.165, 1.54) is 32.1 Å². The number of hydrogen-bond acceptors (Lipinski definition) is 6. The van der Waals surface area contributed by atoms with Gasteiger partial charge in [0.25, 0.3) is 0 Å². The Kier molecular flexibility index (Phi) is 3.60. The van der Waals surface area contributed by atoms with Gasteiger partial charge in [-0.3, -0.25) is 0 Å². The minimum Gasteiger partial charge on any atom is -0.235 e. The van der Waals surface area contributed by atoms with Gasteiger partial charge in [-0.25, -0.2) is 9.67 Å². The Morgan fingerprint density at radius 2 is 2.17 bits per heavy atom. The maximum absolute atomic E-state index is 4.44. The van der Waals surface area contributed by atoms with Crippen molar-refractivity contribution in [3.8, 4) is 0 Å². The van der Waals surface area contributed by atoms with Crippen molar-refractivity contribution >= 4 is 23.1 Å². The highest BCUT2D eigenvalue weighted by Gasteiger charge is 2.21. The Hall–Kier alpha value is -0.950. The maximum atomic E-state index is 4.44. The highest BCUT2D eigenvalue weighted by molar-refractivity contribution is 8.00. The van der Waals surface area contributed by atoms with Crippen molar-refractivity contribution in [1.29, 1.82) is 0 Å². The zero-order valence-corrected chi connectivity index (χ0v) is 11.9. The number of aryl methyl sites for hydroxylation is 1. The van der Waals surface area contributed by atoms with Gasteiger partial charge < -0.3 is 0 Å². The second kappa shape index (κ2) is 5.36. The van der Waals surface area contributed by atoms with Crippen molar-refractivity contribution in [2.45, 2.75) is 54.6 Å². The Morgan fingerprint density at radius 3 is 2.89 bits per heavy atom. The Bertz CT molecular complexity index is 515. The van der Waals surface area contributed by atoms with Crippen LogP contribution < -0.4 is 0 Å². The van der Waals surface area contributed by atoms with Crippen molar-refractivity contribution < 1.29 is 0 Å². The second-order valence-electron chi connectivity index (χ2n) is 4.55. The van der Waals surface area contributed by atoms with Gasteiger partial charge in [-0.1, -0.05) is 19.3 Å².